The normalized spacial score (nSPS) is 14.2. The van der Waals surface area contributed by atoms with Gasteiger partial charge in [0.2, 0.25) is 5.91 Å². The van der Waals surface area contributed by atoms with Crippen LogP contribution in [0.1, 0.15) is 37.8 Å². The summed E-state index contributed by atoms with van der Waals surface area (Å²) in [6.07, 6.45) is 4.68. The highest BCUT2D eigenvalue weighted by Crippen LogP contribution is 2.17. The van der Waals surface area contributed by atoms with Gasteiger partial charge in [-0.15, -0.1) is 0 Å². The molecule has 1 aromatic carbocycles. The van der Waals surface area contributed by atoms with E-state index in [-0.39, 0.29) is 12.5 Å². The summed E-state index contributed by atoms with van der Waals surface area (Å²) in [6.45, 7) is 5.90. The van der Waals surface area contributed by atoms with Crippen molar-refractivity contribution in [2.75, 3.05) is 6.54 Å². The van der Waals surface area contributed by atoms with Crippen molar-refractivity contribution in [1.82, 2.24) is 5.32 Å². The number of hydrogen-bond acceptors (Lipinski definition) is 2. The zero-order valence-electron chi connectivity index (χ0n) is 12.2. The summed E-state index contributed by atoms with van der Waals surface area (Å²) >= 11 is 6.02. The molecule has 110 valence electrons. The SMILES string of the molecule is CCCC(C)(O)CNC(=O)/C=C/c1ccc(C)c(Cl)c1. The van der Waals surface area contributed by atoms with Crippen molar-refractivity contribution in [2.24, 2.45) is 0 Å². The summed E-state index contributed by atoms with van der Waals surface area (Å²) in [6, 6.07) is 5.62. The molecule has 0 aliphatic carbocycles. The van der Waals surface area contributed by atoms with E-state index < -0.39 is 5.60 Å². The summed E-state index contributed by atoms with van der Waals surface area (Å²) in [5, 5.41) is 13.3. The average Bonchev–Trinajstić information content (AvgIpc) is 2.38. The molecule has 0 aliphatic rings. The van der Waals surface area contributed by atoms with Gasteiger partial charge >= 0.3 is 0 Å². The minimum atomic E-state index is -0.856. The largest absolute Gasteiger partial charge is 0.388 e. The average molecular weight is 296 g/mol. The lowest BCUT2D eigenvalue weighted by molar-refractivity contribution is -0.117. The molecule has 1 rings (SSSR count). The first-order valence-electron chi connectivity index (χ1n) is 6.78. The smallest absolute Gasteiger partial charge is 0.244 e. The van der Waals surface area contributed by atoms with Crippen LogP contribution in [0.4, 0.5) is 0 Å². The lowest BCUT2D eigenvalue weighted by Gasteiger charge is -2.22. The van der Waals surface area contributed by atoms with Crippen molar-refractivity contribution in [3.63, 3.8) is 0 Å². The van der Waals surface area contributed by atoms with E-state index in [0.717, 1.165) is 17.5 Å². The molecule has 20 heavy (non-hydrogen) atoms. The summed E-state index contributed by atoms with van der Waals surface area (Å²) in [7, 11) is 0. The van der Waals surface area contributed by atoms with Crippen LogP contribution >= 0.6 is 11.6 Å². The van der Waals surface area contributed by atoms with E-state index in [9.17, 15) is 9.90 Å². The van der Waals surface area contributed by atoms with Crippen LogP contribution in [0.15, 0.2) is 24.3 Å². The van der Waals surface area contributed by atoms with Gasteiger partial charge in [-0.25, -0.2) is 0 Å². The fourth-order valence-electron chi connectivity index (χ4n) is 1.85. The maximum absolute atomic E-state index is 11.7. The van der Waals surface area contributed by atoms with E-state index in [1.54, 1.807) is 13.0 Å². The van der Waals surface area contributed by atoms with Crippen molar-refractivity contribution >= 4 is 23.6 Å². The highest BCUT2D eigenvalue weighted by Gasteiger charge is 2.19. The molecule has 0 spiro atoms. The van der Waals surface area contributed by atoms with Gasteiger partial charge in [0.15, 0.2) is 0 Å². The van der Waals surface area contributed by atoms with Crippen LogP contribution < -0.4 is 5.32 Å². The number of carbonyl (C=O) groups excluding carboxylic acids is 1. The molecule has 4 heteroatoms. The number of carbonyl (C=O) groups is 1. The number of amides is 1. The Morgan fingerprint density at radius 1 is 1.50 bits per heavy atom. The first-order valence-corrected chi connectivity index (χ1v) is 7.16. The van der Waals surface area contributed by atoms with Crippen LogP contribution in [-0.2, 0) is 4.79 Å². The molecule has 2 N–H and O–H groups in total. The van der Waals surface area contributed by atoms with Crippen molar-refractivity contribution in [2.45, 2.75) is 39.2 Å². The van der Waals surface area contributed by atoms with E-state index in [1.807, 2.05) is 32.0 Å². The van der Waals surface area contributed by atoms with Gasteiger partial charge in [-0.05, 0) is 43.5 Å². The van der Waals surface area contributed by atoms with Crippen LogP contribution in [-0.4, -0.2) is 23.2 Å². The first-order chi connectivity index (χ1) is 9.34. The molecule has 0 bridgehead atoms. The Balaban J connectivity index is 2.53. The van der Waals surface area contributed by atoms with Gasteiger partial charge in [-0.2, -0.15) is 0 Å². The Hall–Kier alpha value is -1.32. The minimum absolute atomic E-state index is 0.224. The third kappa shape index (κ3) is 5.76. The molecular weight excluding hydrogens is 274 g/mol. The van der Waals surface area contributed by atoms with Gasteiger partial charge in [0, 0.05) is 17.6 Å². The molecule has 0 saturated carbocycles. The van der Waals surface area contributed by atoms with Crippen LogP contribution in [0, 0.1) is 6.92 Å². The number of hydrogen-bond donors (Lipinski definition) is 2. The van der Waals surface area contributed by atoms with Crippen molar-refractivity contribution in [3.8, 4) is 0 Å². The quantitative estimate of drug-likeness (QED) is 0.791. The van der Waals surface area contributed by atoms with Crippen LogP contribution in [0.3, 0.4) is 0 Å². The molecule has 0 saturated heterocycles. The Bertz CT molecular complexity index is 495. The zero-order chi connectivity index (χ0) is 15.2. The summed E-state index contributed by atoms with van der Waals surface area (Å²) in [4.78, 5) is 11.7. The number of nitrogens with one attached hydrogen (secondary N) is 1. The maximum Gasteiger partial charge on any atom is 0.244 e. The molecule has 0 radical (unpaired) electrons. The molecule has 1 aromatic rings. The van der Waals surface area contributed by atoms with E-state index in [0.29, 0.717) is 11.4 Å². The van der Waals surface area contributed by atoms with Crippen molar-refractivity contribution < 1.29 is 9.90 Å². The number of aryl methyl sites for hydroxylation is 1. The molecule has 0 aliphatic heterocycles. The summed E-state index contributed by atoms with van der Waals surface area (Å²) in [5.74, 6) is -0.224. The Labute approximate surface area is 125 Å². The molecular formula is C16H22ClNO2. The van der Waals surface area contributed by atoms with E-state index >= 15 is 0 Å². The minimum Gasteiger partial charge on any atom is -0.388 e. The van der Waals surface area contributed by atoms with Crippen LogP contribution in [0.2, 0.25) is 5.02 Å². The maximum atomic E-state index is 11.7. The number of benzene rings is 1. The number of halogens is 1. The number of rotatable bonds is 6. The standard InChI is InChI=1S/C16H22ClNO2/c1-4-9-16(3,20)11-18-15(19)8-7-13-6-5-12(2)14(17)10-13/h5-8,10,20H,4,9,11H2,1-3H3,(H,18,19)/b8-7+. The second kappa shape index (κ2) is 7.46. The lowest BCUT2D eigenvalue weighted by atomic mass is 10.0. The topological polar surface area (TPSA) is 49.3 Å². The third-order valence-corrected chi connectivity index (χ3v) is 3.46. The van der Waals surface area contributed by atoms with E-state index in [2.05, 4.69) is 5.32 Å². The molecule has 1 amide bonds. The molecule has 0 heterocycles. The molecule has 3 nitrogen and oxygen atoms in total. The zero-order valence-corrected chi connectivity index (χ0v) is 13.0. The Morgan fingerprint density at radius 2 is 2.20 bits per heavy atom. The monoisotopic (exact) mass is 295 g/mol. The van der Waals surface area contributed by atoms with E-state index in [4.69, 9.17) is 11.6 Å². The third-order valence-electron chi connectivity index (χ3n) is 3.06. The predicted octanol–water partition coefficient (Wildman–Crippen LogP) is 3.33. The first kappa shape index (κ1) is 16.7. The molecule has 1 unspecified atom stereocenters. The second-order valence-corrected chi connectivity index (χ2v) is 5.71. The fourth-order valence-corrected chi connectivity index (χ4v) is 2.04. The number of aliphatic hydroxyl groups is 1. The second-order valence-electron chi connectivity index (χ2n) is 5.31. The van der Waals surface area contributed by atoms with Crippen LogP contribution in [0.25, 0.3) is 6.08 Å². The van der Waals surface area contributed by atoms with Gasteiger partial charge in [0.25, 0.3) is 0 Å². The fraction of sp³-hybridized carbons (Fsp3) is 0.438. The summed E-state index contributed by atoms with van der Waals surface area (Å²) < 4.78 is 0. The van der Waals surface area contributed by atoms with Gasteiger partial charge in [-0.3, -0.25) is 4.79 Å². The summed E-state index contributed by atoms with van der Waals surface area (Å²) in [5.41, 5.74) is 1.02. The molecule has 0 fully saturated rings. The van der Waals surface area contributed by atoms with Gasteiger partial charge < -0.3 is 10.4 Å². The van der Waals surface area contributed by atoms with Crippen molar-refractivity contribution in [1.29, 1.82) is 0 Å². The van der Waals surface area contributed by atoms with Gasteiger partial charge in [-0.1, -0.05) is 37.1 Å². The Morgan fingerprint density at radius 3 is 2.80 bits per heavy atom. The molecule has 1 atom stereocenters. The van der Waals surface area contributed by atoms with Gasteiger partial charge in [0.05, 0.1) is 5.60 Å². The van der Waals surface area contributed by atoms with Crippen molar-refractivity contribution in [3.05, 3.63) is 40.4 Å². The molecule has 0 aromatic heterocycles. The lowest BCUT2D eigenvalue weighted by Crippen LogP contribution is -2.39. The Kier molecular flexibility index (Phi) is 6.24. The van der Waals surface area contributed by atoms with Crippen LogP contribution in [0.5, 0.6) is 0 Å². The highest BCUT2D eigenvalue weighted by atomic mass is 35.5. The predicted molar refractivity (Wildman–Crippen MR) is 83.8 cm³/mol. The highest BCUT2D eigenvalue weighted by molar-refractivity contribution is 6.31. The van der Waals surface area contributed by atoms with Gasteiger partial charge in [0.1, 0.15) is 0 Å². The van der Waals surface area contributed by atoms with E-state index in [1.165, 1.54) is 6.08 Å².